The van der Waals surface area contributed by atoms with E-state index in [1.54, 1.807) is 0 Å². The van der Waals surface area contributed by atoms with Crippen molar-refractivity contribution in [3.63, 3.8) is 0 Å². The lowest BCUT2D eigenvalue weighted by Gasteiger charge is -2.15. The molecule has 0 heteroatoms. The van der Waals surface area contributed by atoms with Gasteiger partial charge >= 0.3 is 0 Å². The Hall–Kier alpha value is -2.08. The van der Waals surface area contributed by atoms with Crippen molar-refractivity contribution in [2.75, 3.05) is 0 Å². The summed E-state index contributed by atoms with van der Waals surface area (Å²) >= 11 is 0. The maximum absolute atomic E-state index is 2.44. The molecular weight excluding hydrogens is 312 g/mol. The van der Waals surface area contributed by atoms with Gasteiger partial charge in [-0.2, -0.15) is 0 Å². The Morgan fingerprint density at radius 2 is 1.12 bits per heavy atom. The number of fused-ring (bicyclic) bond motifs is 1. The van der Waals surface area contributed by atoms with Gasteiger partial charge in [0.25, 0.3) is 0 Å². The van der Waals surface area contributed by atoms with Crippen molar-refractivity contribution in [3.8, 4) is 0 Å². The Balaban J connectivity index is 0.000000129. The highest BCUT2D eigenvalue weighted by molar-refractivity contribution is 6.22. The van der Waals surface area contributed by atoms with Crippen LogP contribution >= 0.6 is 0 Å². The van der Waals surface area contributed by atoms with Crippen LogP contribution in [0.1, 0.15) is 40.0 Å². The first-order valence-electron chi connectivity index (χ1n) is 10.2. The summed E-state index contributed by atoms with van der Waals surface area (Å²) in [6, 6.07) is 21.9. The van der Waals surface area contributed by atoms with Crippen molar-refractivity contribution in [1.29, 1.82) is 0 Å². The summed E-state index contributed by atoms with van der Waals surface area (Å²) < 4.78 is 0. The Bertz CT molecular complexity index is 941. The third kappa shape index (κ3) is 2.42. The van der Waals surface area contributed by atoms with Crippen molar-refractivity contribution >= 4 is 32.3 Å². The molecule has 0 nitrogen and oxygen atoms in total. The standard InChI is InChI=1S/C16H10.C10H18/c1-3-11-7-9-13-5-2-6-14-10-8-12(4-1)15(11)16(13)14;1-7-4-5-8-9(6-7)10(8,2)3/h1-10H;7-9H,4-6H2,1-3H3. The summed E-state index contributed by atoms with van der Waals surface area (Å²) in [7, 11) is 0. The van der Waals surface area contributed by atoms with E-state index in [2.05, 4.69) is 81.4 Å². The average Bonchev–Trinajstić information content (AvgIpc) is 3.20. The van der Waals surface area contributed by atoms with Crippen LogP contribution in [0.3, 0.4) is 0 Å². The maximum Gasteiger partial charge on any atom is -0.00268 e. The van der Waals surface area contributed by atoms with Gasteiger partial charge in [0.1, 0.15) is 0 Å². The fourth-order valence-corrected chi connectivity index (χ4v) is 5.58. The second kappa shape index (κ2) is 5.71. The van der Waals surface area contributed by atoms with Crippen molar-refractivity contribution in [3.05, 3.63) is 60.7 Å². The first-order valence-corrected chi connectivity index (χ1v) is 10.2. The monoisotopic (exact) mass is 340 g/mol. The topological polar surface area (TPSA) is 0 Å². The highest BCUT2D eigenvalue weighted by atomic mass is 14.6. The lowest BCUT2D eigenvalue weighted by atomic mass is 9.91. The molecule has 0 radical (unpaired) electrons. The Morgan fingerprint density at radius 1 is 0.654 bits per heavy atom. The molecular formula is C26H28. The lowest BCUT2D eigenvalue weighted by Crippen LogP contribution is -2.03. The summed E-state index contributed by atoms with van der Waals surface area (Å²) in [6.45, 7) is 7.30. The smallest absolute Gasteiger partial charge is 0.00268 e. The van der Waals surface area contributed by atoms with Gasteiger partial charge in [-0.25, -0.2) is 0 Å². The van der Waals surface area contributed by atoms with Crippen molar-refractivity contribution < 1.29 is 0 Å². The molecule has 2 fully saturated rings. The van der Waals surface area contributed by atoms with E-state index in [0.717, 1.165) is 23.2 Å². The quantitative estimate of drug-likeness (QED) is 0.288. The zero-order chi connectivity index (χ0) is 17.9. The minimum absolute atomic E-state index is 0.727. The summed E-state index contributed by atoms with van der Waals surface area (Å²) in [5.74, 6) is 3.21. The molecule has 0 aromatic heterocycles. The van der Waals surface area contributed by atoms with Crippen LogP contribution in [-0.2, 0) is 0 Å². The number of hydrogen-bond donors (Lipinski definition) is 0. The molecule has 0 bridgehead atoms. The highest BCUT2D eigenvalue weighted by Gasteiger charge is 2.58. The van der Waals surface area contributed by atoms with Gasteiger partial charge in [0.05, 0.1) is 0 Å². The van der Waals surface area contributed by atoms with E-state index in [0.29, 0.717) is 0 Å². The molecule has 6 rings (SSSR count). The predicted octanol–water partition coefficient (Wildman–Crippen LogP) is 7.66. The van der Waals surface area contributed by atoms with Crippen LogP contribution in [0.25, 0.3) is 32.3 Å². The molecule has 0 spiro atoms. The molecule has 2 aliphatic rings. The SMILES string of the molecule is CC1CCC2C(C1)C2(C)C.c1cc2ccc3cccc4ccc(c1)c2c34. The summed E-state index contributed by atoms with van der Waals surface area (Å²) in [4.78, 5) is 0. The molecule has 3 unspecified atom stereocenters. The van der Waals surface area contributed by atoms with Gasteiger partial charge in [0, 0.05) is 0 Å². The maximum atomic E-state index is 2.44. The molecule has 4 aromatic carbocycles. The summed E-state index contributed by atoms with van der Waals surface area (Å²) in [6.07, 6.45) is 4.51. The third-order valence-electron chi connectivity index (χ3n) is 7.31. The van der Waals surface area contributed by atoms with E-state index in [-0.39, 0.29) is 0 Å². The van der Waals surface area contributed by atoms with Crippen LogP contribution < -0.4 is 0 Å². The average molecular weight is 341 g/mol. The van der Waals surface area contributed by atoms with Gasteiger partial charge in [-0.15, -0.1) is 0 Å². The lowest BCUT2D eigenvalue weighted by molar-refractivity contribution is 0.367. The van der Waals surface area contributed by atoms with E-state index in [9.17, 15) is 0 Å². The van der Waals surface area contributed by atoms with E-state index in [1.165, 1.54) is 51.6 Å². The van der Waals surface area contributed by atoms with Crippen LogP contribution in [0.15, 0.2) is 60.7 Å². The molecule has 3 atom stereocenters. The van der Waals surface area contributed by atoms with Crippen molar-refractivity contribution in [1.82, 2.24) is 0 Å². The Labute approximate surface area is 156 Å². The number of hydrogen-bond acceptors (Lipinski definition) is 0. The number of benzene rings is 4. The van der Waals surface area contributed by atoms with Crippen LogP contribution in [0, 0.1) is 23.2 Å². The van der Waals surface area contributed by atoms with E-state index in [1.807, 2.05) is 0 Å². The molecule has 4 aromatic rings. The third-order valence-corrected chi connectivity index (χ3v) is 7.31. The zero-order valence-corrected chi connectivity index (χ0v) is 16.1. The van der Waals surface area contributed by atoms with Crippen LogP contribution in [0.2, 0.25) is 0 Å². The van der Waals surface area contributed by atoms with E-state index < -0.39 is 0 Å². The molecule has 132 valence electrons. The van der Waals surface area contributed by atoms with E-state index >= 15 is 0 Å². The van der Waals surface area contributed by atoms with Crippen molar-refractivity contribution in [2.45, 2.75) is 40.0 Å². The van der Waals surface area contributed by atoms with E-state index in [4.69, 9.17) is 0 Å². The van der Waals surface area contributed by atoms with Gasteiger partial charge < -0.3 is 0 Å². The first-order chi connectivity index (χ1) is 12.6. The van der Waals surface area contributed by atoms with Gasteiger partial charge in [0.2, 0.25) is 0 Å². The minimum atomic E-state index is 0.727. The molecule has 0 saturated heterocycles. The molecule has 0 heterocycles. The predicted molar refractivity (Wildman–Crippen MR) is 114 cm³/mol. The summed E-state index contributed by atoms with van der Waals surface area (Å²) in [5, 5.41) is 8.14. The fourth-order valence-electron chi connectivity index (χ4n) is 5.58. The molecule has 2 aliphatic carbocycles. The Morgan fingerprint density at radius 3 is 1.50 bits per heavy atom. The molecule has 0 aliphatic heterocycles. The molecule has 0 N–H and O–H groups in total. The molecule has 26 heavy (non-hydrogen) atoms. The van der Waals surface area contributed by atoms with Gasteiger partial charge in [-0.1, -0.05) is 87.9 Å². The second-order valence-corrected chi connectivity index (χ2v) is 9.24. The second-order valence-electron chi connectivity index (χ2n) is 9.24. The fraction of sp³-hybridized carbons (Fsp3) is 0.385. The normalized spacial score (nSPS) is 26.5. The zero-order valence-electron chi connectivity index (χ0n) is 16.1. The van der Waals surface area contributed by atoms with Crippen molar-refractivity contribution in [2.24, 2.45) is 23.2 Å². The Kier molecular flexibility index (Phi) is 3.54. The van der Waals surface area contributed by atoms with Gasteiger partial charge in [0.15, 0.2) is 0 Å². The molecule has 2 saturated carbocycles. The van der Waals surface area contributed by atoms with Gasteiger partial charge in [-0.3, -0.25) is 0 Å². The first kappa shape index (κ1) is 16.1. The molecule has 0 amide bonds. The van der Waals surface area contributed by atoms with Crippen LogP contribution in [0.5, 0.6) is 0 Å². The highest BCUT2D eigenvalue weighted by Crippen LogP contribution is 2.65. The van der Waals surface area contributed by atoms with Crippen LogP contribution in [-0.4, -0.2) is 0 Å². The van der Waals surface area contributed by atoms with Gasteiger partial charge in [-0.05, 0) is 68.3 Å². The number of rotatable bonds is 0. The van der Waals surface area contributed by atoms with Crippen LogP contribution in [0.4, 0.5) is 0 Å². The summed E-state index contributed by atoms with van der Waals surface area (Å²) in [5.41, 5.74) is 0.727. The largest absolute Gasteiger partial charge is 0.0625 e. The minimum Gasteiger partial charge on any atom is -0.0625 e.